The minimum atomic E-state index is 0.814. The summed E-state index contributed by atoms with van der Waals surface area (Å²) in [5.74, 6) is 0.814. The monoisotopic (exact) mass is 271 g/mol. The van der Waals surface area contributed by atoms with Crippen LogP contribution in [0.1, 0.15) is 44.2 Å². The van der Waals surface area contributed by atoms with Crippen LogP contribution in [-0.4, -0.2) is 19.6 Å². The van der Waals surface area contributed by atoms with Crippen molar-refractivity contribution in [3.8, 4) is 6.07 Å². The summed E-state index contributed by atoms with van der Waals surface area (Å²) in [6.07, 6.45) is 3.59. The van der Waals surface area contributed by atoms with Crippen molar-refractivity contribution in [1.29, 1.82) is 5.26 Å². The van der Waals surface area contributed by atoms with Gasteiger partial charge < -0.3 is 10.2 Å². The van der Waals surface area contributed by atoms with Gasteiger partial charge in [0.1, 0.15) is 6.07 Å². The summed E-state index contributed by atoms with van der Waals surface area (Å²) in [5.41, 5.74) is 3.12. The predicted molar refractivity (Wildman–Crippen MR) is 83.8 cm³/mol. The van der Waals surface area contributed by atoms with Crippen molar-refractivity contribution in [3.05, 3.63) is 29.3 Å². The minimum Gasteiger partial charge on any atom is -0.370 e. The Hall–Kier alpha value is -1.53. The Balaban J connectivity index is 2.08. The Morgan fingerprint density at radius 3 is 2.75 bits per heavy atom. The number of rotatable bonds is 5. The summed E-state index contributed by atoms with van der Waals surface area (Å²) in [4.78, 5) is 2.36. The van der Waals surface area contributed by atoms with Gasteiger partial charge in [-0.1, -0.05) is 19.9 Å². The maximum absolute atomic E-state index is 9.40. The molecule has 0 saturated carbocycles. The molecule has 0 radical (unpaired) electrons. The number of nitrogens with zero attached hydrogens (tertiary/aromatic N) is 2. The van der Waals surface area contributed by atoms with Crippen molar-refractivity contribution >= 4 is 5.69 Å². The first kappa shape index (κ1) is 14.9. The zero-order chi connectivity index (χ0) is 14.4. The molecule has 1 N–H and O–H groups in total. The van der Waals surface area contributed by atoms with Gasteiger partial charge in [0, 0.05) is 19.6 Å². The zero-order valence-corrected chi connectivity index (χ0v) is 12.7. The lowest BCUT2D eigenvalue weighted by molar-refractivity contribution is 0.438. The highest BCUT2D eigenvalue weighted by atomic mass is 15.1. The lowest BCUT2D eigenvalue weighted by Gasteiger charge is -2.32. The van der Waals surface area contributed by atoms with Gasteiger partial charge in [-0.05, 0) is 49.4 Å². The molecule has 1 aliphatic heterocycles. The van der Waals surface area contributed by atoms with Crippen LogP contribution >= 0.6 is 0 Å². The third kappa shape index (κ3) is 3.74. The molecular formula is C17H25N3. The molecule has 3 nitrogen and oxygen atoms in total. The summed E-state index contributed by atoms with van der Waals surface area (Å²) in [6.45, 7) is 8.49. The fraction of sp³-hybridized carbons (Fsp3) is 0.588. The quantitative estimate of drug-likeness (QED) is 0.835. The highest BCUT2D eigenvalue weighted by molar-refractivity contribution is 5.60. The molecule has 1 saturated heterocycles. The van der Waals surface area contributed by atoms with Gasteiger partial charge in [0.15, 0.2) is 0 Å². The highest BCUT2D eigenvalue weighted by Crippen LogP contribution is 2.26. The van der Waals surface area contributed by atoms with Crippen LogP contribution in [0.25, 0.3) is 0 Å². The average Bonchev–Trinajstić information content (AvgIpc) is 2.48. The first-order valence-corrected chi connectivity index (χ1v) is 7.73. The van der Waals surface area contributed by atoms with E-state index in [4.69, 9.17) is 0 Å². The lowest BCUT2D eigenvalue weighted by Crippen LogP contribution is -2.33. The van der Waals surface area contributed by atoms with Crippen molar-refractivity contribution in [2.24, 2.45) is 5.92 Å². The normalized spacial score (nSPS) is 16.1. The zero-order valence-electron chi connectivity index (χ0n) is 12.7. The van der Waals surface area contributed by atoms with Gasteiger partial charge in [0.25, 0.3) is 0 Å². The minimum absolute atomic E-state index is 0.814. The summed E-state index contributed by atoms with van der Waals surface area (Å²) in [7, 11) is 0. The molecule has 1 aliphatic rings. The molecule has 20 heavy (non-hydrogen) atoms. The van der Waals surface area contributed by atoms with E-state index in [1.165, 1.54) is 18.4 Å². The van der Waals surface area contributed by atoms with Gasteiger partial charge >= 0.3 is 0 Å². The first-order chi connectivity index (χ1) is 9.74. The number of anilines is 1. The summed E-state index contributed by atoms with van der Waals surface area (Å²) in [5, 5.41) is 12.8. The van der Waals surface area contributed by atoms with Crippen LogP contribution in [-0.2, 0) is 6.54 Å². The number of nitrogens with one attached hydrogen (secondary N) is 1. The molecule has 0 aliphatic carbocycles. The maximum atomic E-state index is 9.40. The lowest BCUT2D eigenvalue weighted by atomic mass is 9.97. The second-order valence-corrected chi connectivity index (χ2v) is 5.81. The van der Waals surface area contributed by atoms with E-state index in [0.717, 1.165) is 49.8 Å². The van der Waals surface area contributed by atoms with Crippen molar-refractivity contribution in [2.45, 2.75) is 39.7 Å². The van der Waals surface area contributed by atoms with Crippen LogP contribution in [0.5, 0.6) is 0 Å². The molecule has 0 atom stereocenters. The van der Waals surface area contributed by atoms with Gasteiger partial charge in [-0.15, -0.1) is 0 Å². The van der Waals surface area contributed by atoms with Crippen LogP contribution in [0.4, 0.5) is 5.69 Å². The van der Waals surface area contributed by atoms with Gasteiger partial charge in [-0.3, -0.25) is 0 Å². The topological polar surface area (TPSA) is 39.1 Å². The van der Waals surface area contributed by atoms with Crippen LogP contribution in [0.2, 0.25) is 0 Å². The highest BCUT2D eigenvalue weighted by Gasteiger charge is 2.18. The van der Waals surface area contributed by atoms with Gasteiger partial charge in [0.2, 0.25) is 0 Å². The number of piperidine rings is 1. The molecule has 1 aromatic rings. The maximum Gasteiger partial charge on any atom is 0.101 e. The van der Waals surface area contributed by atoms with Gasteiger partial charge in [0.05, 0.1) is 11.3 Å². The largest absolute Gasteiger partial charge is 0.370 e. The molecular weight excluding hydrogens is 246 g/mol. The van der Waals surface area contributed by atoms with E-state index >= 15 is 0 Å². The molecule has 0 unspecified atom stereocenters. The van der Waals surface area contributed by atoms with Gasteiger partial charge in [-0.2, -0.15) is 5.26 Å². The van der Waals surface area contributed by atoms with Crippen LogP contribution in [0.15, 0.2) is 18.2 Å². The molecule has 2 rings (SSSR count). The summed E-state index contributed by atoms with van der Waals surface area (Å²) >= 11 is 0. The van der Waals surface area contributed by atoms with Crippen LogP contribution < -0.4 is 10.2 Å². The summed E-state index contributed by atoms with van der Waals surface area (Å²) in [6, 6.07) is 8.68. The number of nitriles is 1. The van der Waals surface area contributed by atoms with Crippen LogP contribution in [0, 0.1) is 17.2 Å². The van der Waals surface area contributed by atoms with Crippen molar-refractivity contribution in [1.82, 2.24) is 5.32 Å². The van der Waals surface area contributed by atoms with E-state index in [1.54, 1.807) is 0 Å². The second kappa shape index (κ2) is 7.31. The van der Waals surface area contributed by atoms with Crippen molar-refractivity contribution in [2.75, 3.05) is 24.5 Å². The molecule has 0 amide bonds. The Labute approximate surface area is 122 Å². The molecule has 1 aromatic carbocycles. The molecule has 1 heterocycles. The summed E-state index contributed by atoms with van der Waals surface area (Å²) < 4.78 is 0. The van der Waals surface area contributed by atoms with E-state index in [-0.39, 0.29) is 0 Å². The molecule has 1 fully saturated rings. The smallest absolute Gasteiger partial charge is 0.101 e. The first-order valence-electron chi connectivity index (χ1n) is 7.73. The van der Waals surface area contributed by atoms with Crippen molar-refractivity contribution in [3.63, 3.8) is 0 Å². The predicted octanol–water partition coefficient (Wildman–Crippen LogP) is 3.29. The Bertz CT molecular complexity index is 468. The molecule has 3 heteroatoms. The van der Waals surface area contributed by atoms with E-state index in [1.807, 2.05) is 6.07 Å². The SMILES string of the molecule is CCCNCc1ccc(N2CCC(C)CC2)c(C#N)c1. The van der Waals surface area contributed by atoms with E-state index in [2.05, 4.69) is 42.3 Å². The fourth-order valence-corrected chi connectivity index (χ4v) is 2.72. The third-order valence-electron chi connectivity index (χ3n) is 4.06. The average molecular weight is 271 g/mol. The standard InChI is InChI=1S/C17H25N3/c1-3-8-19-13-15-4-5-17(16(11-15)12-18)20-9-6-14(2)7-10-20/h4-5,11,14,19H,3,6-10,13H2,1-2H3. The number of hydrogen-bond donors (Lipinski definition) is 1. The fourth-order valence-electron chi connectivity index (χ4n) is 2.72. The molecule has 0 bridgehead atoms. The van der Waals surface area contributed by atoms with E-state index in [0.29, 0.717) is 0 Å². The number of benzene rings is 1. The Morgan fingerprint density at radius 1 is 1.35 bits per heavy atom. The Kier molecular flexibility index (Phi) is 5.43. The van der Waals surface area contributed by atoms with E-state index < -0.39 is 0 Å². The molecule has 0 spiro atoms. The van der Waals surface area contributed by atoms with Crippen LogP contribution in [0.3, 0.4) is 0 Å². The molecule has 0 aromatic heterocycles. The molecule has 108 valence electrons. The van der Waals surface area contributed by atoms with Gasteiger partial charge in [-0.25, -0.2) is 0 Å². The second-order valence-electron chi connectivity index (χ2n) is 5.81. The number of hydrogen-bond acceptors (Lipinski definition) is 3. The van der Waals surface area contributed by atoms with E-state index in [9.17, 15) is 5.26 Å². The van der Waals surface area contributed by atoms with Crippen molar-refractivity contribution < 1.29 is 0 Å². The Morgan fingerprint density at radius 2 is 2.10 bits per heavy atom. The third-order valence-corrected chi connectivity index (χ3v) is 4.06.